The number of methoxy groups -OCH3 is 1. The molecular formula is C31H37FN6O4S. The van der Waals surface area contributed by atoms with Crippen molar-refractivity contribution in [3.05, 3.63) is 65.7 Å². The molecule has 12 heteroatoms. The summed E-state index contributed by atoms with van der Waals surface area (Å²) in [6.07, 6.45) is 4.68. The zero-order chi connectivity index (χ0) is 30.9. The molecule has 2 atom stereocenters. The summed E-state index contributed by atoms with van der Waals surface area (Å²) < 4.78 is 44.4. The van der Waals surface area contributed by atoms with E-state index in [1.165, 1.54) is 18.2 Å². The molecule has 2 N–H and O–H groups in total. The summed E-state index contributed by atoms with van der Waals surface area (Å²) in [6, 6.07) is 9.86. The Kier molecular flexibility index (Phi) is 8.93. The SMILES string of the molecule is COC[C@@H](C(=O)Cc1cccc2c(-c3nc(Nc4cccc(S(C)(=O)=O)c4F)ncc3C)c[nH]c12)N1CCN(C)C[C@H]1C. The number of para-hydroxylation sites is 1. The Morgan fingerprint density at radius 2 is 2.00 bits per heavy atom. The van der Waals surface area contributed by atoms with Crippen LogP contribution in [0.15, 0.2) is 53.7 Å². The number of sulfone groups is 1. The number of aryl methyl sites for hydroxylation is 1. The van der Waals surface area contributed by atoms with Crippen LogP contribution in [0.2, 0.25) is 0 Å². The van der Waals surface area contributed by atoms with Gasteiger partial charge in [-0.2, -0.15) is 0 Å². The lowest BCUT2D eigenvalue weighted by Gasteiger charge is -2.42. The molecule has 0 aliphatic carbocycles. The van der Waals surface area contributed by atoms with E-state index in [1.807, 2.05) is 31.3 Å². The van der Waals surface area contributed by atoms with E-state index in [2.05, 4.69) is 44.0 Å². The van der Waals surface area contributed by atoms with Gasteiger partial charge in [0.15, 0.2) is 21.4 Å². The fraction of sp³-hybridized carbons (Fsp3) is 0.387. The van der Waals surface area contributed by atoms with Crippen LogP contribution in [0, 0.1) is 12.7 Å². The number of nitrogens with one attached hydrogen (secondary N) is 2. The fourth-order valence-electron chi connectivity index (χ4n) is 5.80. The van der Waals surface area contributed by atoms with E-state index in [0.717, 1.165) is 53.5 Å². The summed E-state index contributed by atoms with van der Waals surface area (Å²) in [5, 5.41) is 3.71. The van der Waals surface area contributed by atoms with E-state index >= 15 is 0 Å². The number of ketones is 1. The van der Waals surface area contributed by atoms with Crippen molar-refractivity contribution in [3.63, 3.8) is 0 Å². The maximum absolute atomic E-state index is 15.0. The van der Waals surface area contributed by atoms with Gasteiger partial charge in [0.05, 0.1) is 24.0 Å². The minimum absolute atomic E-state index is 0.0438. The summed E-state index contributed by atoms with van der Waals surface area (Å²) >= 11 is 0. The van der Waals surface area contributed by atoms with E-state index in [-0.39, 0.29) is 35.9 Å². The van der Waals surface area contributed by atoms with Crippen molar-refractivity contribution in [2.75, 3.05) is 52.0 Å². The number of H-pyrrole nitrogens is 1. The third kappa shape index (κ3) is 6.47. The van der Waals surface area contributed by atoms with Gasteiger partial charge in [-0.3, -0.25) is 9.69 Å². The molecule has 0 amide bonds. The summed E-state index contributed by atoms with van der Waals surface area (Å²) in [5.41, 5.74) is 3.89. The van der Waals surface area contributed by atoms with Crippen molar-refractivity contribution in [2.24, 2.45) is 0 Å². The van der Waals surface area contributed by atoms with E-state index in [9.17, 15) is 17.6 Å². The van der Waals surface area contributed by atoms with Crippen molar-refractivity contribution < 1.29 is 22.3 Å². The maximum Gasteiger partial charge on any atom is 0.227 e. The highest BCUT2D eigenvalue weighted by molar-refractivity contribution is 7.90. The molecule has 2 aromatic heterocycles. The number of aromatic nitrogens is 3. The van der Waals surface area contributed by atoms with Gasteiger partial charge < -0.3 is 19.9 Å². The first kappa shape index (κ1) is 30.7. The second-order valence-corrected chi connectivity index (χ2v) is 13.2. The van der Waals surface area contributed by atoms with Gasteiger partial charge in [0.1, 0.15) is 4.90 Å². The van der Waals surface area contributed by atoms with Crippen LogP contribution < -0.4 is 5.32 Å². The van der Waals surface area contributed by atoms with E-state index in [1.54, 1.807) is 13.3 Å². The number of hydrogen-bond acceptors (Lipinski definition) is 9. The number of hydrogen-bond donors (Lipinski definition) is 2. The number of anilines is 2. The number of piperazine rings is 1. The number of likely N-dealkylation sites (N-methyl/N-ethyl adjacent to an activating group) is 1. The van der Waals surface area contributed by atoms with Crippen LogP contribution in [-0.4, -0.2) is 97.7 Å². The van der Waals surface area contributed by atoms with Crippen LogP contribution in [0.4, 0.5) is 16.0 Å². The Bertz CT molecular complexity index is 1760. The predicted molar refractivity (Wildman–Crippen MR) is 165 cm³/mol. The summed E-state index contributed by atoms with van der Waals surface area (Å²) in [6.45, 7) is 6.96. The molecule has 10 nitrogen and oxygen atoms in total. The molecule has 3 heterocycles. The van der Waals surface area contributed by atoms with Crippen LogP contribution in [0.25, 0.3) is 22.2 Å². The minimum Gasteiger partial charge on any atom is -0.383 e. The molecule has 43 heavy (non-hydrogen) atoms. The van der Waals surface area contributed by atoms with Gasteiger partial charge in [0.25, 0.3) is 0 Å². The number of rotatable bonds is 10. The van der Waals surface area contributed by atoms with Crippen LogP contribution in [0.5, 0.6) is 0 Å². The minimum atomic E-state index is -3.75. The highest BCUT2D eigenvalue weighted by atomic mass is 32.2. The average molecular weight is 609 g/mol. The van der Waals surface area contributed by atoms with Crippen molar-refractivity contribution in [1.82, 2.24) is 24.8 Å². The highest BCUT2D eigenvalue weighted by Crippen LogP contribution is 2.33. The van der Waals surface area contributed by atoms with Gasteiger partial charge in [0, 0.05) is 74.3 Å². The maximum atomic E-state index is 15.0. The fourth-order valence-corrected chi connectivity index (χ4v) is 6.56. The third-order valence-electron chi connectivity index (χ3n) is 7.98. The molecule has 0 spiro atoms. The molecule has 1 aliphatic heterocycles. The third-order valence-corrected chi connectivity index (χ3v) is 9.10. The first-order valence-electron chi connectivity index (χ1n) is 14.1. The highest BCUT2D eigenvalue weighted by Gasteiger charge is 2.32. The second kappa shape index (κ2) is 12.5. The number of halogens is 1. The standard InChI is InChI=1S/C31H37FN6O4S/c1-19-15-34-31(35-24-10-7-11-27(28(24)32)43(5,40)41)36-29(19)23-16-33-30-21(8-6-9-22(23)30)14-26(39)25(18-42-4)38-13-12-37(3)17-20(38)2/h6-11,15-16,20,25,33H,12-14,17-18H2,1-5H3,(H,34,35,36)/t20-,25+/m1/s1. The Labute approximate surface area is 251 Å². The molecule has 4 aromatic rings. The van der Waals surface area contributed by atoms with Gasteiger partial charge in [-0.25, -0.2) is 22.8 Å². The number of benzene rings is 2. The smallest absolute Gasteiger partial charge is 0.227 e. The lowest BCUT2D eigenvalue weighted by molar-refractivity contribution is -0.127. The lowest BCUT2D eigenvalue weighted by atomic mass is 9.98. The predicted octanol–water partition coefficient (Wildman–Crippen LogP) is 3.98. The van der Waals surface area contributed by atoms with E-state index < -0.39 is 20.5 Å². The molecule has 0 bridgehead atoms. The second-order valence-electron chi connectivity index (χ2n) is 11.2. The molecular weight excluding hydrogens is 571 g/mol. The lowest BCUT2D eigenvalue weighted by Crippen LogP contribution is -2.58. The zero-order valence-corrected chi connectivity index (χ0v) is 25.8. The molecule has 1 aliphatic rings. The first-order chi connectivity index (χ1) is 20.5. The number of ether oxygens (including phenoxy) is 1. The van der Waals surface area contributed by atoms with Crippen LogP contribution >= 0.6 is 0 Å². The molecule has 0 radical (unpaired) electrons. The molecule has 1 saturated heterocycles. The number of carbonyl (C=O) groups excluding carboxylic acids is 1. The number of carbonyl (C=O) groups is 1. The summed E-state index contributed by atoms with van der Waals surface area (Å²) in [4.78, 5) is 30.1. The topological polar surface area (TPSA) is 121 Å². The van der Waals surface area contributed by atoms with Crippen LogP contribution in [0.3, 0.4) is 0 Å². The first-order valence-corrected chi connectivity index (χ1v) is 16.0. The molecule has 1 fully saturated rings. The van der Waals surface area contributed by atoms with Gasteiger partial charge in [0.2, 0.25) is 5.95 Å². The van der Waals surface area contributed by atoms with Crippen molar-refractivity contribution in [2.45, 2.75) is 37.2 Å². The van der Waals surface area contributed by atoms with Gasteiger partial charge in [-0.1, -0.05) is 24.3 Å². The summed E-state index contributed by atoms with van der Waals surface area (Å²) in [5.74, 6) is -0.672. The van der Waals surface area contributed by atoms with Gasteiger partial charge >= 0.3 is 0 Å². The monoisotopic (exact) mass is 608 g/mol. The Hall–Kier alpha value is -3.71. The van der Waals surface area contributed by atoms with Crippen molar-refractivity contribution in [3.8, 4) is 11.3 Å². The van der Waals surface area contributed by atoms with Crippen LogP contribution in [0.1, 0.15) is 18.1 Å². The number of nitrogens with zero attached hydrogens (tertiary/aromatic N) is 4. The van der Waals surface area contributed by atoms with Gasteiger partial charge in [-0.05, 0) is 44.2 Å². The number of fused-ring (bicyclic) bond motifs is 1. The molecule has 228 valence electrons. The molecule has 0 unspecified atom stereocenters. The molecule has 0 saturated carbocycles. The van der Waals surface area contributed by atoms with Crippen molar-refractivity contribution in [1.29, 1.82) is 0 Å². The van der Waals surface area contributed by atoms with Crippen molar-refractivity contribution >= 4 is 38.2 Å². The Balaban J connectivity index is 1.44. The number of Topliss-reactive ketones (excluding diaryl/α,β-unsaturated/α-hetero) is 1. The average Bonchev–Trinajstić information content (AvgIpc) is 3.38. The molecule has 2 aromatic carbocycles. The van der Waals surface area contributed by atoms with E-state index in [0.29, 0.717) is 12.3 Å². The van der Waals surface area contributed by atoms with Crippen LogP contribution in [-0.2, 0) is 25.8 Å². The van der Waals surface area contributed by atoms with E-state index in [4.69, 9.17) is 4.74 Å². The largest absolute Gasteiger partial charge is 0.383 e. The van der Waals surface area contributed by atoms with Gasteiger partial charge in [-0.15, -0.1) is 0 Å². The Morgan fingerprint density at radius 1 is 1.23 bits per heavy atom. The summed E-state index contributed by atoms with van der Waals surface area (Å²) in [7, 11) is -0.0288. The normalized spacial score (nSPS) is 17.3. The molecule has 5 rings (SSSR count). The number of aromatic amines is 1. The Morgan fingerprint density at radius 3 is 2.72 bits per heavy atom. The zero-order valence-electron chi connectivity index (χ0n) is 25.0. The quantitative estimate of drug-likeness (QED) is 0.275.